The molecule has 0 aliphatic rings. The lowest BCUT2D eigenvalue weighted by atomic mass is 10.1. The second-order valence-corrected chi connectivity index (χ2v) is 5.16. The third kappa shape index (κ3) is 3.30. The molecule has 1 amide bonds. The summed E-state index contributed by atoms with van der Waals surface area (Å²) in [6.07, 6.45) is -0.680. The highest BCUT2D eigenvalue weighted by Gasteiger charge is 2.16. The molecule has 3 aromatic rings. The summed E-state index contributed by atoms with van der Waals surface area (Å²) in [7, 11) is 0. The fraction of sp³-hybridized carbons (Fsp3) is 0.111. The molecule has 1 aromatic heterocycles. The van der Waals surface area contributed by atoms with Gasteiger partial charge in [-0.25, -0.2) is 0 Å². The molecule has 0 aliphatic carbocycles. The van der Waals surface area contributed by atoms with Crippen LogP contribution in [-0.2, 0) is 0 Å². The first-order chi connectivity index (χ1) is 11.1. The zero-order chi connectivity index (χ0) is 16.2. The maximum Gasteiger partial charge on any atom is 0.294 e. The molecule has 2 N–H and O–H groups in total. The summed E-state index contributed by atoms with van der Waals surface area (Å²) in [5, 5.41) is 16.4. The Labute approximate surface area is 133 Å². The first kappa shape index (κ1) is 15.0. The van der Waals surface area contributed by atoms with Crippen LogP contribution in [0, 0.1) is 0 Å². The van der Waals surface area contributed by atoms with Gasteiger partial charge in [0.2, 0.25) is 5.76 Å². The molecule has 0 radical (unpaired) electrons. The van der Waals surface area contributed by atoms with E-state index in [0.717, 1.165) is 5.56 Å². The van der Waals surface area contributed by atoms with Crippen LogP contribution in [0.1, 0.15) is 29.1 Å². The van der Waals surface area contributed by atoms with Gasteiger partial charge in [-0.15, -0.1) is 0 Å². The molecule has 116 valence electrons. The molecule has 5 nitrogen and oxygen atoms in total. The number of hydrogen-bond donors (Lipinski definition) is 2. The number of carbonyl (C=O) groups is 1. The lowest BCUT2D eigenvalue weighted by Crippen LogP contribution is -2.13. The number of rotatable bonds is 4. The van der Waals surface area contributed by atoms with Gasteiger partial charge in [-0.1, -0.05) is 53.7 Å². The first-order valence-electron chi connectivity index (χ1n) is 7.25. The molecule has 1 unspecified atom stereocenters. The van der Waals surface area contributed by atoms with Gasteiger partial charge < -0.3 is 14.9 Å². The van der Waals surface area contributed by atoms with Crippen molar-refractivity contribution in [2.45, 2.75) is 13.0 Å². The highest BCUT2D eigenvalue weighted by atomic mass is 16.5. The highest BCUT2D eigenvalue weighted by Crippen LogP contribution is 2.24. The van der Waals surface area contributed by atoms with Crippen LogP contribution in [0.3, 0.4) is 0 Å². The average molecular weight is 308 g/mol. The largest absolute Gasteiger partial charge is 0.389 e. The molecule has 1 atom stereocenters. The number of carbonyl (C=O) groups excluding carboxylic acids is 1. The van der Waals surface area contributed by atoms with E-state index in [1.54, 1.807) is 37.3 Å². The van der Waals surface area contributed by atoms with Crippen LogP contribution < -0.4 is 5.32 Å². The molecule has 0 aliphatic heterocycles. The fourth-order valence-electron chi connectivity index (χ4n) is 2.29. The Morgan fingerprint density at radius 1 is 1.13 bits per heavy atom. The van der Waals surface area contributed by atoms with E-state index in [4.69, 9.17) is 4.52 Å². The second kappa shape index (κ2) is 6.46. The van der Waals surface area contributed by atoms with Crippen molar-refractivity contribution in [3.05, 3.63) is 72.0 Å². The lowest BCUT2D eigenvalue weighted by molar-refractivity contribution is 0.0987. The third-order valence-corrected chi connectivity index (χ3v) is 3.46. The number of hydrogen-bond acceptors (Lipinski definition) is 4. The normalized spacial score (nSPS) is 11.9. The van der Waals surface area contributed by atoms with Crippen LogP contribution in [0.15, 0.2) is 65.2 Å². The zero-order valence-electron chi connectivity index (χ0n) is 12.6. The molecule has 0 bridgehead atoms. The number of aliphatic hydroxyl groups excluding tert-OH is 1. The number of nitrogens with one attached hydrogen (secondary N) is 1. The van der Waals surface area contributed by atoms with Gasteiger partial charge in [0.25, 0.3) is 5.91 Å². The fourth-order valence-corrected chi connectivity index (χ4v) is 2.29. The summed E-state index contributed by atoms with van der Waals surface area (Å²) < 4.78 is 5.13. The standard InChI is InChI=1S/C18H16N2O3/c1-12(21)14-9-5-6-10-15(14)19-18(22)17-11-16(20-23-17)13-7-3-2-4-8-13/h2-12,21H,1H3,(H,19,22). The van der Waals surface area contributed by atoms with Gasteiger partial charge in [-0.05, 0) is 13.0 Å². The van der Waals surface area contributed by atoms with Crippen LogP contribution in [0.5, 0.6) is 0 Å². The number of aromatic nitrogens is 1. The summed E-state index contributed by atoms with van der Waals surface area (Å²) in [6.45, 7) is 1.65. The van der Waals surface area contributed by atoms with E-state index in [2.05, 4.69) is 10.5 Å². The summed E-state index contributed by atoms with van der Waals surface area (Å²) in [5.41, 5.74) is 2.66. The third-order valence-electron chi connectivity index (χ3n) is 3.46. The molecular formula is C18H16N2O3. The molecule has 0 spiro atoms. The van der Waals surface area contributed by atoms with Gasteiger partial charge in [-0.3, -0.25) is 4.79 Å². The van der Waals surface area contributed by atoms with Crippen LogP contribution >= 0.6 is 0 Å². The number of benzene rings is 2. The van der Waals surface area contributed by atoms with Gasteiger partial charge in [-0.2, -0.15) is 0 Å². The summed E-state index contributed by atoms with van der Waals surface area (Å²) >= 11 is 0. The van der Waals surface area contributed by atoms with E-state index in [-0.39, 0.29) is 5.76 Å². The van der Waals surface area contributed by atoms with Crippen LogP contribution in [0.25, 0.3) is 11.3 Å². The maximum atomic E-state index is 12.3. The number of nitrogens with zero attached hydrogens (tertiary/aromatic N) is 1. The minimum Gasteiger partial charge on any atom is -0.389 e. The van der Waals surface area contributed by atoms with Gasteiger partial charge in [0.05, 0.1) is 6.10 Å². The van der Waals surface area contributed by atoms with E-state index < -0.39 is 12.0 Å². The van der Waals surface area contributed by atoms with E-state index in [1.165, 1.54) is 0 Å². The Kier molecular flexibility index (Phi) is 4.21. The summed E-state index contributed by atoms with van der Waals surface area (Å²) in [6, 6.07) is 18.1. The Balaban J connectivity index is 1.81. The number of amides is 1. The summed E-state index contributed by atoms with van der Waals surface area (Å²) in [5.74, 6) is -0.294. The molecule has 1 heterocycles. The molecule has 23 heavy (non-hydrogen) atoms. The number of para-hydroxylation sites is 1. The van der Waals surface area contributed by atoms with Crippen molar-refractivity contribution in [2.75, 3.05) is 5.32 Å². The van der Waals surface area contributed by atoms with Crippen molar-refractivity contribution < 1.29 is 14.4 Å². The van der Waals surface area contributed by atoms with Crippen molar-refractivity contribution in [1.29, 1.82) is 0 Å². The van der Waals surface area contributed by atoms with Gasteiger partial charge in [0.1, 0.15) is 5.69 Å². The van der Waals surface area contributed by atoms with Crippen LogP contribution in [-0.4, -0.2) is 16.2 Å². The van der Waals surface area contributed by atoms with E-state index >= 15 is 0 Å². The first-order valence-corrected chi connectivity index (χ1v) is 7.25. The highest BCUT2D eigenvalue weighted by molar-refractivity contribution is 6.03. The van der Waals surface area contributed by atoms with E-state index in [9.17, 15) is 9.90 Å². The molecular weight excluding hydrogens is 292 g/mol. The van der Waals surface area contributed by atoms with E-state index in [1.807, 2.05) is 30.3 Å². The van der Waals surface area contributed by atoms with Crippen molar-refractivity contribution in [3.63, 3.8) is 0 Å². The van der Waals surface area contributed by atoms with Crippen LogP contribution in [0.4, 0.5) is 5.69 Å². The molecule has 2 aromatic carbocycles. The monoisotopic (exact) mass is 308 g/mol. The Bertz CT molecular complexity index is 810. The Morgan fingerprint density at radius 2 is 1.83 bits per heavy atom. The smallest absolute Gasteiger partial charge is 0.294 e. The van der Waals surface area contributed by atoms with Crippen molar-refractivity contribution >= 4 is 11.6 Å². The molecule has 0 fully saturated rings. The minimum atomic E-state index is -0.680. The van der Waals surface area contributed by atoms with E-state index in [0.29, 0.717) is 16.9 Å². The predicted octanol–water partition coefficient (Wildman–Crippen LogP) is 3.65. The second-order valence-electron chi connectivity index (χ2n) is 5.16. The van der Waals surface area contributed by atoms with Gasteiger partial charge in [0.15, 0.2) is 0 Å². The predicted molar refractivity (Wildman–Crippen MR) is 87.0 cm³/mol. The molecule has 0 saturated heterocycles. The SMILES string of the molecule is CC(O)c1ccccc1NC(=O)c1cc(-c2ccccc2)no1. The minimum absolute atomic E-state index is 0.115. The average Bonchev–Trinajstić information content (AvgIpc) is 3.06. The zero-order valence-corrected chi connectivity index (χ0v) is 12.6. The topological polar surface area (TPSA) is 75.4 Å². The number of aliphatic hydroxyl groups is 1. The maximum absolute atomic E-state index is 12.3. The lowest BCUT2D eigenvalue weighted by Gasteiger charge is -2.11. The van der Waals surface area contributed by atoms with Crippen molar-refractivity contribution in [2.24, 2.45) is 0 Å². The number of anilines is 1. The van der Waals surface area contributed by atoms with Crippen molar-refractivity contribution in [3.8, 4) is 11.3 Å². The molecule has 0 saturated carbocycles. The quantitative estimate of drug-likeness (QED) is 0.771. The Morgan fingerprint density at radius 3 is 2.57 bits per heavy atom. The molecule has 5 heteroatoms. The molecule has 3 rings (SSSR count). The van der Waals surface area contributed by atoms with Crippen molar-refractivity contribution in [1.82, 2.24) is 5.16 Å². The van der Waals surface area contributed by atoms with Gasteiger partial charge >= 0.3 is 0 Å². The summed E-state index contributed by atoms with van der Waals surface area (Å²) in [4.78, 5) is 12.3. The van der Waals surface area contributed by atoms with Crippen LogP contribution in [0.2, 0.25) is 0 Å². The Hall–Kier alpha value is -2.92. The van der Waals surface area contributed by atoms with Gasteiger partial charge in [0, 0.05) is 22.9 Å².